The lowest BCUT2D eigenvalue weighted by atomic mass is 10.4. The van der Waals surface area contributed by atoms with E-state index in [1.165, 1.54) is 30.6 Å². The molecule has 5 nitrogen and oxygen atoms in total. The number of rotatable bonds is 4. The van der Waals surface area contributed by atoms with Gasteiger partial charge in [0.2, 0.25) is 19.9 Å². The van der Waals surface area contributed by atoms with E-state index in [0.29, 0.717) is 0 Å². The van der Waals surface area contributed by atoms with Gasteiger partial charge in [-0.05, 0) is 25.2 Å². The zero-order valence-electron chi connectivity index (χ0n) is 9.90. The van der Waals surface area contributed by atoms with Gasteiger partial charge in [0.05, 0.1) is 9.79 Å². The summed E-state index contributed by atoms with van der Waals surface area (Å²) in [7, 11) is -6.01. The van der Waals surface area contributed by atoms with E-state index in [2.05, 4.69) is 4.72 Å². The summed E-state index contributed by atoms with van der Waals surface area (Å²) >= 11 is 0.873. The van der Waals surface area contributed by atoms with Gasteiger partial charge in [-0.2, -0.15) is 0 Å². The van der Waals surface area contributed by atoms with Crippen LogP contribution >= 0.6 is 11.3 Å². The Morgan fingerprint density at radius 2 is 1.63 bits per heavy atom. The standard InChI is InChI=1S/C11H11NO4S3/c1-12-19(15,16)11-7-10(8-17-11)18(13,14)9-5-3-2-4-6-9/h2-8,12H,1H3. The molecule has 0 radical (unpaired) electrons. The van der Waals surface area contributed by atoms with Crippen molar-refractivity contribution in [1.82, 2.24) is 4.72 Å². The fourth-order valence-electron chi connectivity index (χ4n) is 1.42. The first-order valence-electron chi connectivity index (χ1n) is 5.20. The second-order valence-corrected chi connectivity index (χ2v) is 8.60. The van der Waals surface area contributed by atoms with Gasteiger partial charge >= 0.3 is 0 Å². The second-order valence-electron chi connectivity index (χ2n) is 3.63. The van der Waals surface area contributed by atoms with Crippen molar-refractivity contribution < 1.29 is 16.8 Å². The van der Waals surface area contributed by atoms with Crippen LogP contribution in [0.2, 0.25) is 0 Å². The first-order valence-corrected chi connectivity index (χ1v) is 9.05. The highest BCUT2D eigenvalue weighted by molar-refractivity contribution is 7.92. The Morgan fingerprint density at radius 3 is 2.21 bits per heavy atom. The minimum atomic E-state index is -3.67. The van der Waals surface area contributed by atoms with Gasteiger partial charge in [0.15, 0.2) is 0 Å². The Bertz CT molecular complexity index is 776. The number of hydrogen-bond donors (Lipinski definition) is 1. The Morgan fingerprint density at radius 1 is 1.00 bits per heavy atom. The monoisotopic (exact) mass is 317 g/mol. The lowest BCUT2D eigenvalue weighted by Gasteiger charge is -2.01. The lowest BCUT2D eigenvalue weighted by molar-refractivity contribution is 0.590. The first-order chi connectivity index (χ1) is 8.88. The summed E-state index contributed by atoms with van der Waals surface area (Å²) < 4.78 is 49.8. The number of sulfonamides is 1. The van der Waals surface area contributed by atoms with Crippen LogP contribution in [0.1, 0.15) is 0 Å². The average Bonchev–Trinajstić information content (AvgIpc) is 2.91. The minimum absolute atomic E-state index is 0.0162. The Balaban J connectivity index is 2.50. The molecule has 0 unspecified atom stereocenters. The van der Waals surface area contributed by atoms with Gasteiger partial charge in [-0.1, -0.05) is 18.2 Å². The van der Waals surface area contributed by atoms with Crippen LogP contribution < -0.4 is 4.72 Å². The van der Waals surface area contributed by atoms with Crippen molar-refractivity contribution in [2.45, 2.75) is 14.0 Å². The molecule has 0 saturated carbocycles. The summed E-state index contributed by atoms with van der Waals surface area (Å²) in [6, 6.07) is 9.05. The summed E-state index contributed by atoms with van der Waals surface area (Å²) in [6.07, 6.45) is 0. The van der Waals surface area contributed by atoms with Gasteiger partial charge in [0, 0.05) is 5.38 Å². The summed E-state index contributed by atoms with van der Waals surface area (Å²) in [6.45, 7) is 0. The number of sulfone groups is 1. The van der Waals surface area contributed by atoms with E-state index in [0.717, 1.165) is 11.3 Å². The molecular weight excluding hydrogens is 306 g/mol. The van der Waals surface area contributed by atoms with Crippen LogP contribution in [-0.4, -0.2) is 23.9 Å². The minimum Gasteiger partial charge on any atom is -0.218 e. The van der Waals surface area contributed by atoms with E-state index in [4.69, 9.17) is 0 Å². The maximum absolute atomic E-state index is 12.3. The van der Waals surface area contributed by atoms with Crippen LogP contribution in [0.3, 0.4) is 0 Å². The molecule has 1 aromatic heterocycles. The van der Waals surface area contributed by atoms with Crippen LogP contribution in [0.15, 0.2) is 55.8 Å². The summed E-state index contributed by atoms with van der Waals surface area (Å²) in [4.78, 5) is 0.124. The van der Waals surface area contributed by atoms with Crippen molar-refractivity contribution in [2.75, 3.05) is 7.05 Å². The molecule has 2 aromatic rings. The third kappa shape index (κ3) is 2.71. The molecule has 0 fully saturated rings. The topological polar surface area (TPSA) is 80.3 Å². The van der Waals surface area contributed by atoms with Crippen LogP contribution in [0.5, 0.6) is 0 Å². The molecule has 0 aliphatic rings. The molecule has 0 aliphatic heterocycles. The van der Waals surface area contributed by atoms with Gasteiger partial charge in [-0.3, -0.25) is 0 Å². The van der Waals surface area contributed by atoms with E-state index in [-0.39, 0.29) is 14.0 Å². The molecule has 2 rings (SSSR count). The Labute approximate surface area is 115 Å². The Kier molecular flexibility index (Phi) is 3.77. The van der Waals surface area contributed by atoms with Crippen LogP contribution in [0.25, 0.3) is 0 Å². The third-order valence-electron chi connectivity index (χ3n) is 2.45. The van der Waals surface area contributed by atoms with Crippen molar-refractivity contribution in [1.29, 1.82) is 0 Å². The SMILES string of the molecule is CNS(=O)(=O)c1cc(S(=O)(=O)c2ccccc2)cs1. The molecule has 0 bridgehead atoms. The van der Waals surface area contributed by atoms with Crippen molar-refractivity contribution >= 4 is 31.2 Å². The molecule has 0 amide bonds. The molecule has 1 N–H and O–H groups in total. The molecule has 1 heterocycles. The zero-order chi connectivity index (χ0) is 14.1. The molecule has 0 spiro atoms. The van der Waals surface area contributed by atoms with Crippen molar-refractivity contribution in [3.63, 3.8) is 0 Å². The van der Waals surface area contributed by atoms with E-state index in [9.17, 15) is 16.8 Å². The first kappa shape index (κ1) is 14.2. The maximum atomic E-state index is 12.3. The van der Waals surface area contributed by atoms with Gasteiger partial charge in [-0.15, -0.1) is 11.3 Å². The highest BCUT2D eigenvalue weighted by Gasteiger charge is 2.22. The van der Waals surface area contributed by atoms with Crippen molar-refractivity contribution in [3.05, 3.63) is 41.8 Å². The predicted molar refractivity (Wildman–Crippen MR) is 72.5 cm³/mol. The van der Waals surface area contributed by atoms with E-state index < -0.39 is 19.9 Å². The average molecular weight is 317 g/mol. The van der Waals surface area contributed by atoms with Crippen molar-refractivity contribution in [2.24, 2.45) is 0 Å². The number of hydrogen-bond acceptors (Lipinski definition) is 5. The van der Waals surface area contributed by atoms with Gasteiger partial charge in [0.25, 0.3) is 0 Å². The van der Waals surface area contributed by atoms with Gasteiger partial charge in [-0.25, -0.2) is 21.6 Å². The van der Waals surface area contributed by atoms with E-state index >= 15 is 0 Å². The summed E-state index contributed by atoms with van der Waals surface area (Å²) in [5.41, 5.74) is 0. The normalized spacial score (nSPS) is 12.5. The molecule has 0 atom stereocenters. The van der Waals surface area contributed by atoms with Crippen LogP contribution in [0, 0.1) is 0 Å². The lowest BCUT2D eigenvalue weighted by Crippen LogP contribution is -2.17. The second kappa shape index (κ2) is 5.04. The molecule has 1 aromatic carbocycles. The zero-order valence-corrected chi connectivity index (χ0v) is 12.3. The molecule has 0 saturated heterocycles. The molecule has 102 valence electrons. The quantitative estimate of drug-likeness (QED) is 0.926. The van der Waals surface area contributed by atoms with Crippen molar-refractivity contribution in [3.8, 4) is 0 Å². The fraction of sp³-hybridized carbons (Fsp3) is 0.0909. The summed E-state index contributed by atoms with van der Waals surface area (Å²) in [5, 5.41) is 1.33. The van der Waals surface area contributed by atoms with Crippen LogP contribution in [-0.2, 0) is 19.9 Å². The number of thiophene rings is 1. The maximum Gasteiger partial charge on any atom is 0.249 e. The van der Waals surface area contributed by atoms with Gasteiger partial charge < -0.3 is 0 Å². The van der Waals surface area contributed by atoms with Gasteiger partial charge in [0.1, 0.15) is 4.21 Å². The summed E-state index contributed by atoms with van der Waals surface area (Å²) in [5.74, 6) is 0. The predicted octanol–water partition coefficient (Wildman–Crippen LogP) is 1.49. The largest absolute Gasteiger partial charge is 0.249 e. The van der Waals surface area contributed by atoms with E-state index in [1.807, 2.05) is 0 Å². The number of benzene rings is 1. The third-order valence-corrected chi connectivity index (χ3v) is 7.20. The molecule has 19 heavy (non-hydrogen) atoms. The molecular formula is C11H11NO4S3. The van der Waals surface area contributed by atoms with Crippen LogP contribution in [0.4, 0.5) is 0 Å². The highest BCUT2D eigenvalue weighted by Crippen LogP contribution is 2.27. The smallest absolute Gasteiger partial charge is 0.218 e. The highest BCUT2D eigenvalue weighted by atomic mass is 32.2. The molecule has 8 heteroatoms. The Hall–Kier alpha value is -1.22. The van der Waals surface area contributed by atoms with E-state index in [1.54, 1.807) is 18.2 Å². The molecule has 0 aliphatic carbocycles. The fourth-order valence-corrected chi connectivity index (χ4v) is 5.16. The number of nitrogens with one attached hydrogen (secondary N) is 1.